The maximum Gasteiger partial charge on any atom is 0.0671 e. The molecule has 0 aliphatic rings. The predicted octanol–water partition coefficient (Wildman–Crippen LogP) is 2.03. The molecule has 2 nitrogen and oxygen atoms in total. The molecule has 2 N–H and O–H groups in total. The van der Waals surface area contributed by atoms with E-state index in [0.717, 1.165) is 12.2 Å². The Bertz CT molecular complexity index is 183. The summed E-state index contributed by atoms with van der Waals surface area (Å²) < 4.78 is 0. The summed E-state index contributed by atoms with van der Waals surface area (Å²) in [5, 5.41) is 6.33. The van der Waals surface area contributed by atoms with Gasteiger partial charge < -0.3 is 10.6 Å². The molecule has 0 saturated heterocycles. The molecule has 1 atom stereocenters. The van der Waals surface area contributed by atoms with Crippen molar-refractivity contribution in [2.75, 3.05) is 6.54 Å². The molecule has 1 unspecified atom stereocenters. The van der Waals surface area contributed by atoms with E-state index in [4.69, 9.17) is 0 Å². The van der Waals surface area contributed by atoms with Gasteiger partial charge in [-0.25, -0.2) is 0 Å². The van der Waals surface area contributed by atoms with Gasteiger partial charge >= 0.3 is 0 Å². The minimum Gasteiger partial charge on any atom is -0.384 e. The lowest BCUT2D eigenvalue weighted by Crippen LogP contribution is -2.37. The Labute approximate surface area is 81.4 Å². The Kier molecular flexibility index (Phi) is 5.77. The third-order valence-electron chi connectivity index (χ3n) is 1.81. The number of rotatable bonds is 7. The van der Waals surface area contributed by atoms with E-state index in [2.05, 4.69) is 44.2 Å². The van der Waals surface area contributed by atoms with Crippen LogP contribution in [0.5, 0.6) is 0 Å². The first kappa shape index (κ1) is 11.8. The summed E-state index contributed by atoms with van der Waals surface area (Å²) in [5.41, 5.74) is 0.981. The van der Waals surface area contributed by atoms with E-state index in [0.29, 0.717) is 5.92 Å². The van der Waals surface area contributed by atoms with Crippen molar-refractivity contribution in [1.29, 1.82) is 0 Å². The van der Waals surface area contributed by atoms with E-state index in [-0.39, 0.29) is 6.04 Å². The average Bonchev–Trinajstić information content (AvgIpc) is 2.09. The van der Waals surface area contributed by atoms with Crippen molar-refractivity contribution in [2.24, 2.45) is 5.92 Å². The molecule has 0 aromatic heterocycles. The summed E-state index contributed by atoms with van der Waals surface area (Å²) in [5.74, 6) is 0.489. The topological polar surface area (TPSA) is 24.1 Å². The summed E-state index contributed by atoms with van der Waals surface area (Å²) >= 11 is 0. The van der Waals surface area contributed by atoms with Crippen LogP contribution in [0.4, 0.5) is 0 Å². The zero-order chi connectivity index (χ0) is 10.3. The van der Waals surface area contributed by atoms with Crippen molar-refractivity contribution in [3.05, 3.63) is 37.7 Å². The minimum absolute atomic E-state index is 0.234. The predicted molar refractivity (Wildman–Crippen MR) is 59.3 cm³/mol. The Balaban J connectivity index is 4.10. The lowest BCUT2D eigenvalue weighted by atomic mass is 10.0. The van der Waals surface area contributed by atoms with Crippen molar-refractivity contribution in [3.8, 4) is 0 Å². The summed E-state index contributed by atoms with van der Waals surface area (Å²) in [6.45, 7) is 16.3. The molecule has 0 amide bonds. The maximum atomic E-state index is 3.96. The fourth-order valence-electron chi connectivity index (χ4n) is 1.14. The second-order valence-electron chi connectivity index (χ2n) is 3.29. The zero-order valence-corrected chi connectivity index (χ0v) is 8.64. The molecule has 0 aliphatic heterocycles. The van der Waals surface area contributed by atoms with E-state index in [9.17, 15) is 0 Å². The first-order valence-electron chi connectivity index (χ1n) is 4.54. The zero-order valence-electron chi connectivity index (χ0n) is 8.64. The molecule has 0 rings (SSSR count). The van der Waals surface area contributed by atoms with Gasteiger partial charge in [-0.2, -0.15) is 0 Å². The standard InChI is InChI=1S/C11H20N2/c1-6-8-13-10(5)11(9(3)4)12-7-2/h6-7,9,11-13H,1-2,5,8H2,3-4H3. The van der Waals surface area contributed by atoms with Crippen LogP contribution >= 0.6 is 0 Å². The van der Waals surface area contributed by atoms with Crippen molar-refractivity contribution < 1.29 is 0 Å². The number of nitrogens with one attached hydrogen (secondary N) is 2. The van der Waals surface area contributed by atoms with Crippen LogP contribution in [0.3, 0.4) is 0 Å². The Hall–Kier alpha value is -1.18. The Morgan fingerprint density at radius 1 is 1.38 bits per heavy atom. The molecule has 0 heterocycles. The second-order valence-corrected chi connectivity index (χ2v) is 3.29. The van der Waals surface area contributed by atoms with Gasteiger partial charge in [0.25, 0.3) is 0 Å². The van der Waals surface area contributed by atoms with Gasteiger partial charge in [0.1, 0.15) is 0 Å². The van der Waals surface area contributed by atoms with Gasteiger partial charge in [0.2, 0.25) is 0 Å². The van der Waals surface area contributed by atoms with Gasteiger partial charge in [-0.3, -0.25) is 0 Å². The van der Waals surface area contributed by atoms with Crippen molar-refractivity contribution >= 4 is 0 Å². The van der Waals surface area contributed by atoms with Crippen LogP contribution in [0.25, 0.3) is 0 Å². The largest absolute Gasteiger partial charge is 0.384 e. The van der Waals surface area contributed by atoms with Gasteiger partial charge in [0, 0.05) is 12.2 Å². The fraction of sp³-hybridized carbons (Fsp3) is 0.455. The van der Waals surface area contributed by atoms with E-state index in [1.54, 1.807) is 6.20 Å². The van der Waals surface area contributed by atoms with Crippen LogP contribution < -0.4 is 10.6 Å². The van der Waals surface area contributed by atoms with Gasteiger partial charge in [-0.15, -0.1) is 6.58 Å². The molecule has 0 bridgehead atoms. The highest BCUT2D eigenvalue weighted by atomic mass is 15.0. The molecule has 0 fully saturated rings. The first-order chi connectivity index (χ1) is 6.13. The highest BCUT2D eigenvalue weighted by Crippen LogP contribution is 2.07. The van der Waals surface area contributed by atoms with Crippen molar-refractivity contribution in [2.45, 2.75) is 19.9 Å². The quantitative estimate of drug-likeness (QED) is 0.586. The maximum absolute atomic E-state index is 3.96. The smallest absolute Gasteiger partial charge is 0.0671 e. The summed E-state index contributed by atoms with van der Waals surface area (Å²) in [6, 6.07) is 0.234. The number of hydrogen-bond donors (Lipinski definition) is 2. The Morgan fingerprint density at radius 2 is 2.00 bits per heavy atom. The van der Waals surface area contributed by atoms with Crippen LogP contribution in [-0.4, -0.2) is 12.6 Å². The molecule has 0 aromatic rings. The van der Waals surface area contributed by atoms with Crippen LogP contribution in [0.2, 0.25) is 0 Å². The first-order valence-corrected chi connectivity index (χ1v) is 4.54. The molecular formula is C11H20N2. The van der Waals surface area contributed by atoms with E-state index in [1.807, 2.05) is 6.08 Å². The molecule has 74 valence electrons. The van der Waals surface area contributed by atoms with Gasteiger partial charge in [-0.1, -0.05) is 33.1 Å². The summed E-state index contributed by atoms with van der Waals surface area (Å²) in [7, 11) is 0. The van der Waals surface area contributed by atoms with Crippen LogP contribution in [0.15, 0.2) is 37.7 Å². The van der Waals surface area contributed by atoms with Crippen LogP contribution in [0, 0.1) is 5.92 Å². The number of hydrogen-bond acceptors (Lipinski definition) is 2. The van der Waals surface area contributed by atoms with Crippen LogP contribution in [-0.2, 0) is 0 Å². The van der Waals surface area contributed by atoms with Crippen molar-refractivity contribution in [3.63, 3.8) is 0 Å². The second kappa shape index (κ2) is 6.35. The van der Waals surface area contributed by atoms with E-state index < -0.39 is 0 Å². The lowest BCUT2D eigenvalue weighted by molar-refractivity contribution is 0.474. The lowest BCUT2D eigenvalue weighted by Gasteiger charge is -2.24. The molecule has 0 radical (unpaired) electrons. The normalized spacial score (nSPS) is 11.9. The molecular weight excluding hydrogens is 160 g/mol. The van der Waals surface area contributed by atoms with Crippen LogP contribution in [0.1, 0.15) is 13.8 Å². The highest BCUT2D eigenvalue weighted by Gasteiger charge is 2.13. The Morgan fingerprint density at radius 3 is 2.38 bits per heavy atom. The average molecular weight is 180 g/mol. The van der Waals surface area contributed by atoms with E-state index >= 15 is 0 Å². The molecule has 0 aliphatic carbocycles. The third-order valence-corrected chi connectivity index (χ3v) is 1.81. The molecule has 2 heteroatoms. The van der Waals surface area contributed by atoms with E-state index in [1.165, 1.54) is 0 Å². The fourth-order valence-corrected chi connectivity index (χ4v) is 1.14. The molecule has 0 aromatic carbocycles. The molecule has 0 spiro atoms. The third kappa shape index (κ3) is 4.41. The van der Waals surface area contributed by atoms with Crippen molar-refractivity contribution in [1.82, 2.24) is 10.6 Å². The summed E-state index contributed by atoms with van der Waals surface area (Å²) in [4.78, 5) is 0. The molecule has 13 heavy (non-hydrogen) atoms. The van der Waals surface area contributed by atoms with Gasteiger partial charge in [-0.05, 0) is 12.1 Å². The van der Waals surface area contributed by atoms with Gasteiger partial charge in [0.05, 0.1) is 6.04 Å². The highest BCUT2D eigenvalue weighted by molar-refractivity contribution is 5.06. The summed E-state index contributed by atoms with van der Waals surface area (Å²) in [6.07, 6.45) is 3.52. The van der Waals surface area contributed by atoms with Gasteiger partial charge in [0.15, 0.2) is 0 Å². The monoisotopic (exact) mass is 180 g/mol. The minimum atomic E-state index is 0.234. The SMILES string of the molecule is C=CCNC(=C)C(NC=C)C(C)C. The molecule has 0 saturated carbocycles.